The number of carbonyl (C=O) groups is 2. The van der Waals surface area contributed by atoms with E-state index in [1.807, 2.05) is 0 Å². The van der Waals surface area contributed by atoms with E-state index >= 15 is 0 Å². The topological polar surface area (TPSA) is 83.2 Å². The van der Waals surface area contributed by atoms with Crippen molar-refractivity contribution < 1.29 is 32.6 Å². The molecule has 1 aliphatic rings. The zero-order chi connectivity index (χ0) is 20.4. The molecule has 1 saturated heterocycles. The first-order chi connectivity index (χ1) is 13.5. The molecule has 0 unspecified atom stereocenters. The van der Waals surface area contributed by atoms with Crippen molar-refractivity contribution in [2.45, 2.75) is 19.6 Å². The van der Waals surface area contributed by atoms with Gasteiger partial charge in [-0.25, -0.2) is 0 Å². The number of benzene rings is 1. The summed E-state index contributed by atoms with van der Waals surface area (Å²) in [6.07, 6.45) is 3.75. The number of hydrogen-bond donors (Lipinski definition) is 1. The first kappa shape index (κ1) is 21.4. The molecular formula is C19H22F2N2O5. The Labute approximate surface area is 161 Å². The Balaban J connectivity index is 0.000000878. The van der Waals surface area contributed by atoms with Crippen LogP contribution in [0, 0.1) is 0 Å². The summed E-state index contributed by atoms with van der Waals surface area (Å²) in [6.45, 7) is 0.132. The van der Waals surface area contributed by atoms with Crippen LogP contribution in [0.1, 0.15) is 22.3 Å². The summed E-state index contributed by atoms with van der Waals surface area (Å²) in [5, 5.41) is 6.89. The molecule has 9 heteroatoms. The average Bonchev–Trinajstić information content (AvgIpc) is 3.10. The lowest BCUT2D eigenvalue weighted by molar-refractivity contribution is -0.122. The number of amides is 1. The molecule has 1 aliphatic heterocycles. The van der Waals surface area contributed by atoms with E-state index in [4.69, 9.17) is 14.3 Å². The van der Waals surface area contributed by atoms with Gasteiger partial charge >= 0.3 is 6.61 Å². The summed E-state index contributed by atoms with van der Waals surface area (Å²) in [7, 11) is 0. The maximum absolute atomic E-state index is 12.5. The molecule has 0 atom stereocenters. The van der Waals surface area contributed by atoms with Crippen molar-refractivity contribution in [2.24, 2.45) is 0 Å². The monoisotopic (exact) mass is 396 g/mol. The summed E-state index contributed by atoms with van der Waals surface area (Å²) in [6, 6.07) is 8.48. The predicted octanol–water partition coefficient (Wildman–Crippen LogP) is 2.93. The molecule has 0 saturated carbocycles. The highest BCUT2D eigenvalue weighted by molar-refractivity contribution is 5.93. The number of para-hydroxylation sites is 1. The van der Waals surface area contributed by atoms with Crippen LogP contribution in [-0.2, 0) is 11.3 Å². The van der Waals surface area contributed by atoms with Crippen molar-refractivity contribution in [3.8, 4) is 5.75 Å². The molecule has 0 aliphatic carbocycles. The number of ether oxygens (including phenoxy) is 1. The van der Waals surface area contributed by atoms with Gasteiger partial charge in [0.1, 0.15) is 12.0 Å². The Bertz CT molecular complexity index is 740. The number of alkyl halides is 2. The fraction of sp³-hybridized carbons (Fsp3) is 0.368. The first-order valence-electron chi connectivity index (χ1n) is 8.69. The molecule has 0 spiro atoms. The van der Waals surface area contributed by atoms with Gasteiger partial charge < -0.3 is 19.2 Å². The van der Waals surface area contributed by atoms with Crippen LogP contribution in [0.3, 0.4) is 0 Å². The normalized spacial score (nSPS) is 14.8. The van der Waals surface area contributed by atoms with E-state index in [2.05, 4.69) is 9.64 Å². The molecule has 1 fully saturated rings. The zero-order valence-corrected chi connectivity index (χ0v) is 15.2. The van der Waals surface area contributed by atoms with Gasteiger partial charge in [-0.05, 0) is 18.6 Å². The smallest absolute Gasteiger partial charge is 0.387 e. The lowest BCUT2D eigenvalue weighted by atomic mass is 10.2. The molecule has 1 amide bonds. The minimum Gasteiger partial charge on any atom is -0.483 e. The molecule has 28 heavy (non-hydrogen) atoms. The van der Waals surface area contributed by atoms with Crippen LogP contribution in [0.4, 0.5) is 8.78 Å². The largest absolute Gasteiger partial charge is 0.483 e. The number of rotatable bonds is 5. The van der Waals surface area contributed by atoms with Gasteiger partial charge in [-0.15, -0.1) is 0 Å². The minimum atomic E-state index is -2.84. The Morgan fingerprint density at radius 3 is 2.64 bits per heavy atom. The summed E-state index contributed by atoms with van der Waals surface area (Å²) in [5.74, 6) is 0.158. The number of nitrogens with zero attached hydrogens (tertiary/aromatic N) is 2. The van der Waals surface area contributed by atoms with Gasteiger partial charge in [0.25, 0.3) is 12.4 Å². The fourth-order valence-corrected chi connectivity index (χ4v) is 2.99. The molecule has 1 aromatic heterocycles. The predicted molar refractivity (Wildman–Crippen MR) is 96.3 cm³/mol. The molecule has 0 radical (unpaired) electrons. The second kappa shape index (κ2) is 11.0. The van der Waals surface area contributed by atoms with Crippen LogP contribution in [0.25, 0.3) is 0 Å². The molecule has 1 aromatic carbocycles. The summed E-state index contributed by atoms with van der Waals surface area (Å²) < 4.78 is 34.6. The lowest BCUT2D eigenvalue weighted by Gasteiger charge is -2.22. The minimum absolute atomic E-state index is 0.0444. The van der Waals surface area contributed by atoms with Crippen LogP contribution in [-0.4, -0.2) is 60.1 Å². The lowest BCUT2D eigenvalue weighted by Crippen LogP contribution is -2.34. The molecule has 1 N–H and O–H groups in total. The summed E-state index contributed by atoms with van der Waals surface area (Å²) >= 11 is 0. The van der Waals surface area contributed by atoms with Crippen LogP contribution in [0.5, 0.6) is 5.75 Å². The Morgan fingerprint density at radius 2 is 1.96 bits per heavy atom. The van der Waals surface area contributed by atoms with Crippen LogP contribution in [0.15, 0.2) is 47.3 Å². The van der Waals surface area contributed by atoms with E-state index in [0.717, 1.165) is 18.5 Å². The van der Waals surface area contributed by atoms with E-state index in [9.17, 15) is 13.6 Å². The first-order valence-corrected chi connectivity index (χ1v) is 8.69. The van der Waals surface area contributed by atoms with Crippen molar-refractivity contribution >= 4 is 12.4 Å². The molecule has 7 nitrogen and oxygen atoms in total. The van der Waals surface area contributed by atoms with Crippen LogP contribution in [0.2, 0.25) is 0 Å². The van der Waals surface area contributed by atoms with Crippen LogP contribution < -0.4 is 4.74 Å². The second-order valence-corrected chi connectivity index (χ2v) is 6.03. The molecule has 152 valence electrons. The van der Waals surface area contributed by atoms with E-state index < -0.39 is 6.61 Å². The second-order valence-electron chi connectivity index (χ2n) is 6.03. The zero-order valence-electron chi connectivity index (χ0n) is 15.2. The molecule has 2 heterocycles. The Morgan fingerprint density at radius 1 is 1.21 bits per heavy atom. The van der Waals surface area contributed by atoms with Gasteiger partial charge in [-0.2, -0.15) is 8.78 Å². The highest BCUT2D eigenvalue weighted by atomic mass is 19.3. The maximum atomic E-state index is 12.5. The highest BCUT2D eigenvalue weighted by Crippen LogP contribution is 2.22. The summed E-state index contributed by atoms with van der Waals surface area (Å²) in [5.41, 5.74) is 1.27. The van der Waals surface area contributed by atoms with Gasteiger partial charge in [-0.1, -0.05) is 18.2 Å². The highest BCUT2D eigenvalue weighted by Gasteiger charge is 2.21. The van der Waals surface area contributed by atoms with Gasteiger partial charge in [0, 0.05) is 38.3 Å². The number of hydrogen-bond acceptors (Lipinski definition) is 5. The molecule has 0 bridgehead atoms. The third-order valence-corrected chi connectivity index (χ3v) is 4.23. The Kier molecular flexibility index (Phi) is 8.41. The van der Waals surface area contributed by atoms with Gasteiger partial charge in [-0.3, -0.25) is 14.5 Å². The molecule has 2 aromatic rings. The van der Waals surface area contributed by atoms with E-state index in [1.165, 1.54) is 12.5 Å². The quantitative estimate of drug-likeness (QED) is 0.783. The van der Waals surface area contributed by atoms with Crippen molar-refractivity contribution in [2.75, 3.05) is 26.2 Å². The van der Waals surface area contributed by atoms with Crippen molar-refractivity contribution in [1.82, 2.24) is 9.80 Å². The maximum Gasteiger partial charge on any atom is 0.387 e. The van der Waals surface area contributed by atoms with Crippen LogP contribution >= 0.6 is 0 Å². The van der Waals surface area contributed by atoms with Crippen molar-refractivity contribution in [3.63, 3.8) is 0 Å². The van der Waals surface area contributed by atoms with Gasteiger partial charge in [0.2, 0.25) is 0 Å². The van der Waals surface area contributed by atoms with Gasteiger partial charge in [0.05, 0.1) is 11.8 Å². The Hall–Kier alpha value is -2.94. The third-order valence-electron chi connectivity index (χ3n) is 4.23. The number of carboxylic acid groups (broad SMARTS) is 1. The third kappa shape index (κ3) is 6.34. The van der Waals surface area contributed by atoms with Crippen molar-refractivity contribution in [3.05, 3.63) is 54.0 Å². The van der Waals surface area contributed by atoms with E-state index in [0.29, 0.717) is 31.7 Å². The SMILES string of the molecule is O=C(c1ccoc1)N1CCCN(Cc2ccccc2OC(F)F)CC1.O=CO. The van der Waals surface area contributed by atoms with E-state index in [1.54, 1.807) is 35.2 Å². The van der Waals surface area contributed by atoms with Gasteiger partial charge in [0.15, 0.2) is 0 Å². The standard InChI is InChI=1S/C18H20F2N2O3.CH2O2/c19-18(20)25-16-5-2-1-4-14(16)12-21-7-3-8-22(10-9-21)17(23)15-6-11-24-13-15;2-1-3/h1-2,4-6,11,13,18H,3,7-10,12H2;1H,(H,2,3). The van der Waals surface area contributed by atoms with Crippen molar-refractivity contribution in [1.29, 1.82) is 0 Å². The number of furan rings is 1. The molecular weight excluding hydrogens is 374 g/mol. The van der Waals surface area contributed by atoms with E-state index in [-0.39, 0.29) is 18.1 Å². The average molecular weight is 396 g/mol. The molecule has 3 rings (SSSR count). The summed E-state index contributed by atoms with van der Waals surface area (Å²) in [4.78, 5) is 24.7. The fourth-order valence-electron chi connectivity index (χ4n) is 2.99. The number of halogens is 2. The number of carbonyl (C=O) groups excluding carboxylic acids is 1.